The Morgan fingerprint density at radius 1 is 1.19 bits per heavy atom. The van der Waals surface area contributed by atoms with Gasteiger partial charge in [-0.1, -0.05) is 18.2 Å². The van der Waals surface area contributed by atoms with E-state index in [4.69, 9.17) is 10.5 Å². The van der Waals surface area contributed by atoms with Crippen molar-refractivity contribution in [3.63, 3.8) is 0 Å². The van der Waals surface area contributed by atoms with Crippen LogP contribution in [0.1, 0.15) is 18.4 Å². The van der Waals surface area contributed by atoms with Crippen molar-refractivity contribution in [1.29, 1.82) is 0 Å². The average Bonchev–Trinajstić information content (AvgIpc) is 2.18. The summed E-state index contributed by atoms with van der Waals surface area (Å²) in [6, 6.07) is 7.13. The van der Waals surface area contributed by atoms with Gasteiger partial charge in [0, 0.05) is 24.3 Å². The normalized spacial score (nSPS) is 11.7. The first-order valence-corrected chi connectivity index (χ1v) is 4.97. The molecule has 1 rings (SSSR count). The van der Waals surface area contributed by atoms with Crippen LogP contribution in [0.2, 0.25) is 0 Å². The number of alkyl halides is 3. The number of hydrogen-bond donors (Lipinski definition) is 1. The van der Waals surface area contributed by atoms with Gasteiger partial charge in [0.2, 0.25) is 0 Å². The van der Waals surface area contributed by atoms with E-state index in [1.807, 2.05) is 6.07 Å². The van der Waals surface area contributed by atoms with Gasteiger partial charge >= 0.3 is 6.18 Å². The molecule has 0 saturated heterocycles. The molecule has 0 aromatic heterocycles. The number of anilines is 1. The summed E-state index contributed by atoms with van der Waals surface area (Å²) in [5, 5.41) is 0. The van der Waals surface area contributed by atoms with E-state index in [2.05, 4.69) is 0 Å². The van der Waals surface area contributed by atoms with Gasteiger partial charge in [-0.15, -0.1) is 0 Å². The largest absolute Gasteiger partial charge is 0.398 e. The minimum absolute atomic E-state index is 0.0176. The van der Waals surface area contributed by atoms with Gasteiger partial charge in [-0.25, -0.2) is 0 Å². The molecule has 0 atom stereocenters. The Labute approximate surface area is 92.2 Å². The molecule has 2 nitrogen and oxygen atoms in total. The summed E-state index contributed by atoms with van der Waals surface area (Å²) in [7, 11) is 0. The van der Waals surface area contributed by atoms with Crippen molar-refractivity contribution >= 4 is 5.69 Å². The molecule has 5 heteroatoms. The van der Waals surface area contributed by atoms with Crippen LogP contribution in [0.25, 0.3) is 0 Å². The number of nitrogen functional groups attached to an aromatic ring is 1. The third-order valence-corrected chi connectivity index (χ3v) is 2.06. The highest BCUT2D eigenvalue weighted by Gasteiger charge is 2.25. The fourth-order valence-corrected chi connectivity index (χ4v) is 1.22. The molecule has 90 valence electrons. The molecule has 0 bridgehead atoms. The van der Waals surface area contributed by atoms with Crippen LogP contribution < -0.4 is 5.73 Å². The van der Waals surface area contributed by atoms with Gasteiger partial charge in [0.1, 0.15) is 0 Å². The molecule has 0 spiro atoms. The van der Waals surface area contributed by atoms with Gasteiger partial charge in [0.05, 0.1) is 6.61 Å². The Balaban J connectivity index is 2.19. The molecule has 1 aromatic carbocycles. The van der Waals surface area contributed by atoms with Crippen molar-refractivity contribution in [2.75, 3.05) is 12.3 Å². The Morgan fingerprint density at radius 2 is 1.88 bits per heavy atom. The molecule has 0 aliphatic carbocycles. The lowest BCUT2D eigenvalue weighted by Gasteiger charge is -2.08. The van der Waals surface area contributed by atoms with E-state index in [1.165, 1.54) is 0 Å². The SMILES string of the molecule is Nc1ccccc1COCCCC(F)(F)F. The molecule has 0 aliphatic heterocycles. The summed E-state index contributed by atoms with van der Waals surface area (Å²) in [6.07, 6.45) is -4.93. The first-order chi connectivity index (χ1) is 7.49. The third-order valence-electron chi connectivity index (χ3n) is 2.06. The summed E-state index contributed by atoms with van der Waals surface area (Å²) in [4.78, 5) is 0. The van der Waals surface area contributed by atoms with Gasteiger partial charge in [0.15, 0.2) is 0 Å². The van der Waals surface area contributed by atoms with E-state index >= 15 is 0 Å². The number of halogens is 3. The van der Waals surface area contributed by atoms with Crippen molar-refractivity contribution < 1.29 is 17.9 Å². The van der Waals surface area contributed by atoms with Crippen LogP contribution in [-0.4, -0.2) is 12.8 Å². The van der Waals surface area contributed by atoms with E-state index < -0.39 is 12.6 Å². The number of ether oxygens (including phenoxy) is 1. The number of para-hydroxylation sites is 1. The van der Waals surface area contributed by atoms with E-state index in [1.54, 1.807) is 18.2 Å². The van der Waals surface area contributed by atoms with E-state index in [-0.39, 0.29) is 19.6 Å². The summed E-state index contributed by atoms with van der Waals surface area (Å²) in [5.74, 6) is 0. The molecule has 1 aromatic rings. The first-order valence-electron chi connectivity index (χ1n) is 4.97. The first kappa shape index (κ1) is 12.8. The smallest absolute Gasteiger partial charge is 0.389 e. The van der Waals surface area contributed by atoms with Crippen molar-refractivity contribution in [2.24, 2.45) is 0 Å². The maximum atomic E-state index is 11.8. The zero-order valence-corrected chi connectivity index (χ0v) is 8.76. The molecule has 0 saturated carbocycles. The van der Waals surface area contributed by atoms with E-state index in [9.17, 15) is 13.2 Å². The van der Waals surface area contributed by atoms with Gasteiger partial charge in [-0.3, -0.25) is 0 Å². The summed E-state index contributed by atoms with van der Waals surface area (Å²) < 4.78 is 40.5. The fourth-order valence-electron chi connectivity index (χ4n) is 1.22. The second-order valence-electron chi connectivity index (χ2n) is 3.47. The molecule has 0 aliphatic rings. The second-order valence-corrected chi connectivity index (χ2v) is 3.47. The maximum Gasteiger partial charge on any atom is 0.389 e. The molecule has 2 N–H and O–H groups in total. The topological polar surface area (TPSA) is 35.2 Å². The van der Waals surface area contributed by atoms with Crippen molar-refractivity contribution in [1.82, 2.24) is 0 Å². The Morgan fingerprint density at radius 3 is 2.50 bits per heavy atom. The van der Waals surface area contributed by atoms with Crippen LogP contribution in [0.15, 0.2) is 24.3 Å². The third kappa shape index (κ3) is 5.02. The lowest BCUT2D eigenvalue weighted by molar-refractivity contribution is -0.138. The second kappa shape index (κ2) is 5.75. The summed E-state index contributed by atoms with van der Waals surface area (Å²) in [6.45, 7) is 0.346. The van der Waals surface area contributed by atoms with Crippen molar-refractivity contribution in [3.05, 3.63) is 29.8 Å². The van der Waals surface area contributed by atoms with Crippen LogP contribution in [0.4, 0.5) is 18.9 Å². The van der Waals surface area contributed by atoms with E-state index in [0.717, 1.165) is 5.56 Å². The predicted octanol–water partition coefficient (Wildman–Crippen LogP) is 3.13. The Kier molecular flexibility index (Phi) is 4.61. The molecule has 16 heavy (non-hydrogen) atoms. The summed E-state index contributed by atoms with van der Waals surface area (Å²) in [5.41, 5.74) is 7.04. The zero-order chi connectivity index (χ0) is 12.0. The molecule has 0 radical (unpaired) electrons. The average molecular weight is 233 g/mol. The number of hydrogen-bond acceptors (Lipinski definition) is 2. The highest BCUT2D eigenvalue weighted by molar-refractivity contribution is 5.45. The number of benzene rings is 1. The van der Waals surface area contributed by atoms with Gasteiger partial charge in [0.25, 0.3) is 0 Å². The molecule has 0 amide bonds. The number of rotatable bonds is 5. The van der Waals surface area contributed by atoms with E-state index in [0.29, 0.717) is 5.69 Å². The minimum atomic E-state index is -4.10. The molecular weight excluding hydrogens is 219 g/mol. The van der Waals surface area contributed by atoms with Gasteiger partial charge in [-0.2, -0.15) is 13.2 Å². The van der Waals surface area contributed by atoms with Crippen molar-refractivity contribution in [3.8, 4) is 0 Å². The van der Waals surface area contributed by atoms with Gasteiger partial charge < -0.3 is 10.5 Å². The standard InChI is InChI=1S/C11H14F3NO/c12-11(13,14)6-3-7-16-8-9-4-1-2-5-10(9)15/h1-2,4-5H,3,6-8,15H2. The van der Waals surface area contributed by atoms with Crippen LogP contribution in [0.5, 0.6) is 0 Å². The molecular formula is C11H14F3NO. The fraction of sp³-hybridized carbons (Fsp3) is 0.455. The zero-order valence-electron chi connectivity index (χ0n) is 8.76. The summed E-state index contributed by atoms with van der Waals surface area (Å²) >= 11 is 0. The van der Waals surface area contributed by atoms with Crippen LogP contribution in [0, 0.1) is 0 Å². The Hall–Kier alpha value is -1.23. The quantitative estimate of drug-likeness (QED) is 0.626. The molecule has 0 fully saturated rings. The van der Waals surface area contributed by atoms with Crippen molar-refractivity contribution in [2.45, 2.75) is 25.6 Å². The molecule has 0 heterocycles. The lowest BCUT2D eigenvalue weighted by Crippen LogP contribution is -2.09. The lowest BCUT2D eigenvalue weighted by atomic mass is 10.2. The predicted molar refractivity (Wildman–Crippen MR) is 55.8 cm³/mol. The Bertz CT molecular complexity index is 325. The maximum absolute atomic E-state index is 11.8. The number of nitrogens with two attached hydrogens (primary N) is 1. The monoisotopic (exact) mass is 233 g/mol. The van der Waals surface area contributed by atoms with Crippen LogP contribution in [-0.2, 0) is 11.3 Å². The van der Waals surface area contributed by atoms with Gasteiger partial charge in [-0.05, 0) is 12.5 Å². The minimum Gasteiger partial charge on any atom is -0.398 e. The van der Waals surface area contributed by atoms with Crippen LogP contribution in [0.3, 0.4) is 0 Å². The molecule has 0 unspecified atom stereocenters. The van der Waals surface area contributed by atoms with Crippen LogP contribution >= 0.6 is 0 Å². The highest BCUT2D eigenvalue weighted by atomic mass is 19.4. The highest BCUT2D eigenvalue weighted by Crippen LogP contribution is 2.21.